The highest BCUT2D eigenvalue weighted by Gasteiger charge is 2.27. The Kier molecular flexibility index (Phi) is 4.11. The van der Waals surface area contributed by atoms with Crippen molar-refractivity contribution in [3.8, 4) is 11.4 Å². The van der Waals surface area contributed by atoms with E-state index in [2.05, 4.69) is 20.5 Å². The lowest BCUT2D eigenvalue weighted by Gasteiger charge is -2.32. The highest BCUT2D eigenvalue weighted by molar-refractivity contribution is 5.97. The van der Waals surface area contributed by atoms with Crippen LogP contribution in [0.4, 0.5) is 0 Å². The molecule has 0 unspecified atom stereocenters. The van der Waals surface area contributed by atoms with Crippen LogP contribution in [-0.2, 0) is 7.05 Å². The van der Waals surface area contributed by atoms with Crippen LogP contribution in [0.15, 0.2) is 36.9 Å². The maximum Gasteiger partial charge on any atom is 0.257 e. The van der Waals surface area contributed by atoms with E-state index in [-0.39, 0.29) is 17.2 Å². The summed E-state index contributed by atoms with van der Waals surface area (Å²) in [6.07, 6.45) is 6.90. The number of piperidine rings is 1. The number of benzene rings is 1. The van der Waals surface area contributed by atoms with Crippen molar-refractivity contribution in [1.82, 2.24) is 34.7 Å². The first-order valence-corrected chi connectivity index (χ1v) is 8.46. The molecule has 1 N–H and O–H groups in total. The zero-order valence-corrected chi connectivity index (χ0v) is 14.4. The molecular weight excluding hydrogens is 334 g/mol. The van der Waals surface area contributed by atoms with Gasteiger partial charge in [-0.3, -0.25) is 4.79 Å². The van der Waals surface area contributed by atoms with E-state index < -0.39 is 0 Å². The van der Waals surface area contributed by atoms with Gasteiger partial charge in [-0.2, -0.15) is 0 Å². The number of carbonyl (C=O) groups is 1. The minimum atomic E-state index is -0.163. The normalized spacial score (nSPS) is 15.3. The summed E-state index contributed by atoms with van der Waals surface area (Å²) in [5, 5.41) is 21.2. The molecule has 134 valence electrons. The number of aryl methyl sites for hydroxylation is 1. The van der Waals surface area contributed by atoms with Gasteiger partial charge < -0.3 is 14.6 Å². The second kappa shape index (κ2) is 6.58. The van der Waals surface area contributed by atoms with Gasteiger partial charge in [0, 0.05) is 44.5 Å². The van der Waals surface area contributed by atoms with Gasteiger partial charge in [0.25, 0.3) is 5.91 Å². The Labute approximate surface area is 149 Å². The minimum Gasteiger partial charge on any atom is -0.507 e. The first-order valence-electron chi connectivity index (χ1n) is 8.46. The monoisotopic (exact) mass is 353 g/mol. The third-order valence-electron chi connectivity index (χ3n) is 4.83. The van der Waals surface area contributed by atoms with E-state index in [0.29, 0.717) is 24.7 Å². The smallest absolute Gasteiger partial charge is 0.257 e. The predicted octanol–water partition coefficient (Wildman–Crippen LogP) is 1.12. The molecule has 26 heavy (non-hydrogen) atoms. The Balaban J connectivity index is 1.46. The van der Waals surface area contributed by atoms with Crippen molar-refractivity contribution in [3.05, 3.63) is 48.3 Å². The highest BCUT2D eigenvalue weighted by Crippen LogP contribution is 2.29. The number of phenolic OH excluding ortho intramolecular Hbond substituents is 1. The molecule has 0 bridgehead atoms. The molecule has 4 rings (SSSR count). The van der Waals surface area contributed by atoms with Crippen LogP contribution in [0.3, 0.4) is 0 Å². The fourth-order valence-electron chi connectivity index (χ4n) is 3.40. The molecule has 0 radical (unpaired) electrons. The molecule has 3 heterocycles. The van der Waals surface area contributed by atoms with Crippen molar-refractivity contribution in [3.63, 3.8) is 0 Å². The third-order valence-corrected chi connectivity index (χ3v) is 4.83. The van der Waals surface area contributed by atoms with Gasteiger partial charge >= 0.3 is 0 Å². The fraction of sp³-hybridized carbons (Fsp3) is 0.353. The standard InChI is InChI=1S/C17H19N7O2/c1-22-9-6-18-16(22)12-4-7-23(8-5-12)17(26)14-3-2-13(10-15(14)25)24-11-19-20-21-24/h2-3,6,9-12,25H,4-5,7-8H2,1H3. The molecular formula is C17H19N7O2. The van der Waals surface area contributed by atoms with E-state index in [1.807, 2.05) is 17.8 Å². The molecule has 1 saturated heterocycles. The van der Waals surface area contributed by atoms with Crippen molar-refractivity contribution in [1.29, 1.82) is 0 Å². The number of imidazole rings is 1. The van der Waals surface area contributed by atoms with Gasteiger partial charge in [-0.15, -0.1) is 5.10 Å². The van der Waals surface area contributed by atoms with Gasteiger partial charge in [-0.05, 0) is 35.4 Å². The van der Waals surface area contributed by atoms with E-state index in [1.54, 1.807) is 23.2 Å². The number of aromatic nitrogens is 6. The second-order valence-corrected chi connectivity index (χ2v) is 6.42. The summed E-state index contributed by atoms with van der Waals surface area (Å²) in [5.74, 6) is 1.18. The fourth-order valence-corrected chi connectivity index (χ4v) is 3.40. The summed E-state index contributed by atoms with van der Waals surface area (Å²) in [6, 6.07) is 4.81. The largest absolute Gasteiger partial charge is 0.507 e. The van der Waals surface area contributed by atoms with E-state index in [1.165, 1.54) is 17.1 Å². The van der Waals surface area contributed by atoms with Crippen LogP contribution in [0, 0.1) is 0 Å². The lowest BCUT2D eigenvalue weighted by molar-refractivity contribution is 0.0707. The molecule has 1 aliphatic rings. The quantitative estimate of drug-likeness (QED) is 0.757. The molecule has 1 amide bonds. The number of phenols is 1. The van der Waals surface area contributed by atoms with Crippen molar-refractivity contribution in [2.75, 3.05) is 13.1 Å². The first kappa shape index (κ1) is 16.2. The molecule has 3 aromatic rings. The number of carbonyl (C=O) groups excluding carboxylic acids is 1. The number of rotatable bonds is 3. The minimum absolute atomic E-state index is 0.0748. The van der Waals surface area contributed by atoms with Crippen LogP contribution in [-0.4, -0.2) is 58.8 Å². The molecule has 0 saturated carbocycles. The summed E-state index contributed by atoms with van der Waals surface area (Å²) in [6.45, 7) is 1.29. The Bertz CT molecular complexity index is 911. The summed E-state index contributed by atoms with van der Waals surface area (Å²) in [7, 11) is 1.99. The molecule has 0 atom stereocenters. The van der Waals surface area contributed by atoms with E-state index >= 15 is 0 Å². The number of nitrogens with zero attached hydrogens (tertiary/aromatic N) is 7. The van der Waals surface area contributed by atoms with Crippen LogP contribution >= 0.6 is 0 Å². The van der Waals surface area contributed by atoms with Gasteiger partial charge in [0.05, 0.1) is 11.3 Å². The average Bonchev–Trinajstić information content (AvgIpc) is 3.33. The Morgan fingerprint density at radius 3 is 2.69 bits per heavy atom. The summed E-state index contributed by atoms with van der Waals surface area (Å²) >= 11 is 0. The van der Waals surface area contributed by atoms with Crippen molar-refractivity contribution < 1.29 is 9.90 Å². The van der Waals surface area contributed by atoms with E-state index in [4.69, 9.17) is 0 Å². The second-order valence-electron chi connectivity index (χ2n) is 6.42. The first-order chi connectivity index (χ1) is 12.6. The molecule has 9 nitrogen and oxygen atoms in total. The molecule has 2 aromatic heterocycles. The van der Waals surface area contributed by atoms with Gasteiger partial charge in [0.15, 0.2) is 0 Å². The number of likely N-dealkylation sites (tertiary alicyclic amines) is 1. The molecule has 1 aromatic carbocycles. The zero-order chi connectivity index (χ0) is 18.1. The topological polar surface area (TPSA) is 102 Å². The third kappa shape index (κ3) is 2.92. The summed E-state index contributed by atoms with van der Waals surface area (Å²) in [5.41, 5.74) is 0.884. The van der Waals surface area contributed by atoms with Gasteiger partial charge in [0.2, 0.25) is 0 Å². The van der Waals surface area contributed by atoms with E-state index in [0.717, 1.165) is 18.7 Å². The van der Waals surface area contributed by atoms with Crippen molar-refractivity contribution >= 4 is 5.91 Å². The van der Waals surface area contributed by atoms with Crippen molar-refractivity contribution in [2.24, 2.45) is 7.05 Å². The Morgan fingerprint density at radius 1 is 1.27 bits per heavy atom. The number of aromatic hydroxyl groups is 1. The molecule has 1 aliphatic heterocycles. The highest BCUT2D eigenvalue weighted by atomic mass is 16.3. The Morgan fingerprint density at radius 2 is 2.08 bits per heavy atom. The van der Waals surface area contributed by atoms with Crippen LogP contribution in [0.2, 0.25) is 0 Å². The number of amides is 1. The maximum atomic E-state index is 12.8. The van der Waals surface area contributed by atoms with Crippen LogP contribution in [0.5, 0.6) is 5.75 Å². The van der Waals surface area contributed by atoms with Crippen LogP contribution in [0.25, 0.3) is 5.69 Å². The number of hydrogen-bond donors (Lipinski definition) is 1. The number of tetrazole rings is 1. The summed E-state index contributed by atoms with van der Waals surface area (Å²) in [4.78, 5) is 19.0. The van der Waals surface area contributed by atoms with Gasteiger partial charge in [-0.1, -0.05) is 0 Å². The molecule has 9 heteroatoms. The zero-order valence-electron chi connectivity index (χ0n) is 14.4. The van der Waals surface area contributed by atoms with Crippen LogP contribution < -0.4 is 0 Å². The van der Waals surface area contributed by atoms with Crippen LogP contribution in [0.1, 0.15) is 34.9 Å². The van der Waals surface area contributed by atoms with Gasteiger partial charge in [-0.25, -0.2) is 9.67 Å². The lowest BCUT2D eigenvalue weighted by atomic mass is 9.95. The van der Waals surface area contributed by atoms with Crippen molar-refractivity contribution in [2.45, 2.75) is 18.8 Å². The molecule has 0 spiro atoms. The Hall–Kier alpha value is -3.23. The SMILES string of the molecule is Cn1ccnc1C1CCN(C(=O)c2ccc(-n3cnnn3)cc2O)CC1. The van der Waals surface area contributed by atoms with E-state index in [9.17, 15) is 9.90 Å². The predicted molar refractivity (Wildman–Crippen MR) is 91.9 cm³/mol. The molecule has 1 fully saturated rings. The average molecular weight is 353 g/mol. The lowest BCUT2D eigenvalue weighted by Crippen LogP contribution is -2.38. The summed E-state index contributed by atoms with van der Waals surface area (Å²) < 4.78 is 3.46. The maximum absolute atomic E-state index is 12.8. The number of hydrogen-bond acceptors (Lipinski definition) is 6. The molecule has 0 aliphatic carbocycles. The van der Waals surface area contributed by atoms with Gasteiger partial charge in [0.1, 0.15) is 17.9 Å².